The van der Waals surface area contributed by atoms with Crippen molar-refractivity contribution in [2.75, 3.05) is 6.61 Å². The predicted octanol–water partition coefficient (Wildman–Crippen LogP) is -3.36. The molecule has 0 unspecified atom stereocenters. The van der Waals surface area contributed by atoms with Gasteiger partial charge in [-0.1, -0.05) is 6.61 Å². The van der Waals surface area contributed by atoms with Crippen molar-refractivity contribution >= 4 is 10.4 Å². The molecule has 0 spiro atoms. The van der Waals surface area contributed by atoms with E-state index in [4.69, 9.17) is 4.55 Å². The van der Waals surface area contributed by atoms with Gasteiger partial charge in [-0.3, -0.25) is 8.74 Å². The fourth-order valence-corrected chi connectivity index (χ4v) is 0.316. The topological polar surface area (TPSA) is 63.6 Å². The Bertz CT molecular complexity index is 127. The summed E-state index contributed by atoms with van der Waals surface area (Å²) >= 11 is 0. The van der Waals surface area contributed by atoms with Crippen LogP contribution in [0, 0.1) is 6.92 Å². The van der Waals surface area contributed by atoms with Crippen LogP contribution >= 0.6 is 0 Å². The molecule has 0 saturated carbocycles. The molecule has 0 amide bonds. The zero-order valence-corrected chi connectivity index (χ0v) is 7.31. The van der Waals surface area contributed by atoms with Crippen molar-refractivity contribution in [3.63, 3.8) is 0 Å². The molecular weight excluding hydrogens is 143 g/mol. The third-order valence-electron chi connectivity index (χ3n) is 0.232. The average molecular weight is 148 g/mol. The fraction of sp³-hybridized carbons (Fsp3) is 0.500. The Kier molecular flexibility index (Phi) is 6.87. The third-order valence-corrected chi connectivity index (χ3v) is 0.697. The summed E-state index contributed by atoms with van der Waals surface area (Å²) in [7, 11) is -4.24. The molecule has 0 aliphatic heterocycles. The van der Waals surface area contributed by atoms with Gasteiger partial charge in [0.05, 0.1) is 0 Å². The Morgan fingerprint density at radius 3 is 2.00 bits per heavy atom. The summed E-state index contributed by atoms with van der Waals surface area (Å²) in [5.41, 5.74) is 0. The van der Waals surface area contributed by atoms with Crippen LogP contribution in [-0.4, -0.2) is 19.6 Å². The molecule has 44 valence electrons. The van der Waals surface area contributed by atoms with Gasteiger partial charge in [0.15, 0.2) is 0 Å². The van der Waals surface area contributed by atoms with Crippen LogP contribution in [0.15, 0.2) is 0 Å². The van der Waals surface area contributed by atoms with E-state index in [2.05, 4.69) is 11.1 Å². The molecule has 0 aromatic heterocycles. The summed E-state index contributed by atoms with van der Waals surface area (Å²) in [6, 6.07) is 0. The van der Waals surface area contributed by atoms with Crippen molar-refractivity contribution in [2.24, 2.45) is 0 Å². The molecule has 0 bridgehead atoms. The van der Waals surface area contributed by atoms with Gasteiger partial charge < -0.3 is 6.92 Å². The van der Waals surface area contributed by atoms with Gasteiger partial charge in [-0.2, -0.15) is 8.42 Å². The standard InChI is InChI=1S/C2H5O4S.Na/c1-2-6-7(3,4)5;/h1-2H2,(H,3,4,5);/q-1;+1. The van der Waals surface area contributed by atoms with Gasteiger partial charge in [-0.25, -0.2) is 0 Å². The minimum Gasteiger partial charge on any atom is -0.317 e. The van der Waals surface area contributed by atoms with Crippen molar-refractivity contribution in [2.45, 2.75) is 0 Å². The summed E-state index contributed by atoms with van der Waals surface area (Å²) in [5.74, 6) is 0. The van der Waals surface area contributed by atoms with Crippen LogP contribution in [0.3, 0.4) is 0 Å². The maximum Gasteiger partial charge on any atom is 1.00 e. The van der Waals surface area contributed by atoms with Crippen LogP contribution in [0.2, 0.25) is 0 Å². The zero-order chi connectivity index (χ0) is 5.91. The van der Waals surface area contributed by atoms with Crippen molar-refractivity contribution in [3.05, 3.63) is 6.92 Å². The van der Waals surface area contributed by atoms with Gasteiger partial charge in [0.25, 0.3) is 0 Å². The maximum atomic E-state index is 9.52. The first-order valence-electron chi connectivity index (χ1n) is 1.47. The van der Waals surface area contributed by atoms with Gasteiger partial charge in [-0.05, 0) is 0 Å². The first kappa shape index (κ1) is 11.6. The SMILES string of the molecule is [CH2-]COS(=O)(=O)O.[Na+]. The zero-order valence-electron chi connectivity index (χ0n) is 4.49. The van der Waals surface area contributed by atoms with Crippen LogP contribution in [0.25, 0.3) is 0 Å². The first-order chi connectivity index (χ1) is 3.06. The Morgan fingerprint density at radius 1 is 1.62 bits per heavy atom. The van der Waals surface area contributed by atoms with Crippen LogP contribution < -0.4 is 29.6 Å². The number of hydrogen-bond acceptors (Lipinski definition) is 3. The van der Waals surface area contributed by atoms with Crippen LogP contribution in [0.1, 0.15) is 0 Å². The van der Waals surface area contributed by atoms with Gasteiger partial charge >= 0.3 is 40.0 Å². The Hall–Kier alpha value is 0.870. The molecule has 0 fully saturated rings. The Labute approximate surface area is 70.5 Å². The van der Waals surface area contributed by atoms with E-state index in [0.717, 1.165) is 0 Å². The van der Waals surface area contributed by atoms with Crippen molar-refractivity contribution in [1.29, 1.82) is 0 Å². The third kappa shape index (κ3) is 9.98. The van der Waals surface area contributed by atoms with Crippen LogP contribution in [0.5, 0.6) is 0 Å². The van der Waals surface area contributed by atoms with E-state index in [9.17, 15) is 8.42 Å². The quantitative estimate of drug-likeness (QED) is 0.252. The molecular formula is C2H5NaO4S. The van der Waals surface area contributed by atoms with Gasteiger partial charge in [0, 0.05) is 0 Å². The van der Waals surface area contributed by atoms with Gasteiger partial charge in [0.1, 0.15) is 0 Å². The summed E-state index contributed by atoms with van der Waals surface area (Å²) in [4.78, 5) is 0. The molecule has 6 heteroatoms. The maximum absolute atomic E-state index is 9.52. The second-order valence-corrected chi connectivity index (χ2v) is 1.84. The largest absolute Gasteiger partial charge is 1.00 e. The Balaban J connectivity index is 0. The van der Waals surface area contributed by atoms with E-state index in [-0.39, 0.29) is 36.2 Å². The summed E-state index contributed by atoms with van der Waals surface area (Å²) < 4.78 is 30.4. The van der Waals surface area contributed by atoms with Gasteiger partial charge in [0.2, 0.25) is 0 Å². The molecule has 8 heavy (non-hydrogen) atoms. The van der Waals surface area contributed by atoms with Crippen LogP contribution in [-0.2, 0) is 14.6 Å². The summed E-state index contributed by atoms with van der Waals surface area (Å²) in [6.45, 7) is 2.73. The molecule has 0 atom stereocenters. The van der Waals surface area contributed by atoms with Gasteiger partial charge in [-0.15, -0.1) is 0 Å². The van der Waals surface area contributed by atoms with E-state index in [1.54, 1.807) is 0 Å². The molecule has 0 radical (unpaired) electrons. The molecule has 0 heterocycles. The molecule has 1 N–H and O–H groups in total. The summed E-state index contributed by atoms with van der Waals surface area (Å²) in [6.07, 6.45) is 0. The normalized spacial score (nSPS) is 10.2. The molecule has 0 aliphatic rings. The minimum atomic E-state index is -4.24. The van der Waals surface area contributed by atoms with E-state index in [1.165, 1.54) is 0 Å². The molecule has 0 rings (SSSR count). The fourth-order valence-electron chi connectivity index (χ4n) is 0.105. The number of rotatable bonds is 2. The number of hydrogen-bond donors (Lipinski definition) is 1. The van der Waals surface area contributed by atoms with E-state index in [0.29, 0.717) is 0 Å². The first-order valence-corrected chi connectivity index (χ1v) is 2.84. The average Bonchev–Trinajstić information content (AvgIpc) is 1.30. The van der Waals surface area contributed by atoms with Crippen molar-refractivity contribution < 1.29 is 46.7 Å². The molecule has 0 aliphatic carbocycles. The molecule has 0 saturated heterocycles. The molecule has 0 aromatic carbocycles. The summed E-state index contributed by atoms with van der Waals surface area (Å²) in [5, 5.41) is 0. The monoisotopic (exact) mass is 148 g/mol. The smallest absolute Gasteiger partial charge is 0.317 e. The van der Waals surface area contributed by atoms with E-state index >= 15 is 0 Å². The van der Waals surface area contributed by atoms with E-state index < -0.39 is 10.4 Å². The van der Waals surface area contributed by atoms with E-state index in [1.807, 2.05) is 0 Å². The van der Waals surface area contributed by atoms with Crippen molar-refractivity contribution in [3.8, 4) is 0 Å². The molecule has 0 aromatic rings. The predicted molar refractivity (Wildman–Crippen MR) is 22.9 cm³/mol. The van der Waals surface area contributed by atoms with Crippen LogP contribution in [0.4, 0.5) is 0 Å². The van der Waals surface area contributed by atoms with Crippen molar-refractivity contribution in [1.82, 2.24) is 0 Å². The second-order valence-electron chi connectivity index (χ2n) is 0.750. The minimum absolute atomic E-state index is 0. The second kappa shape index (κ2) is 4.72. The molecule has 4 nitrogen and oxygen atoms in total. The Morgan fingerprint density at radius 2 is 2.00 bits per heavy atom.